The zero-order valence-corrected chi connectivity index (χ0v) is 19.8. The lowest BCUT2D eigenvalue weighted by Gasteiger charge is -2.26. The van der Waals surface area contributed by atoms with Crippen LogP contribution >= 0.6 is 11.3 Å². The Morgan fingerprint density at radius 2 is 1.83 bits per heavy atom. The summed E-state index contributed by atoms with van der Waals surface area (Å²) < 4.78 is 4.72. The smallest absolute Gasteiger partial charge is 0.347 e. The number of aromatic nitrogens is 1. The number of ketones is 1. The lowest BCUT2D eigenvalue weighted by atomic mass is 9.98. The molecule has 5 N–H and O–H groups in total. The van der Waals surface area contributed by atoms with Gasteiger partial charge in [-0.2, -0.15) is 0 Å². The van der Waals surface area contributed by atoms with Gasteiger partial charge in [0.25, 0.3) is 5.91 Å². The van der Waals surface area contributed by atoms with E-state index in [0.717, 1.165) is 18.4 Å². The lowest BCUT2D eigenvalue weighted by Crippen LogP contribution is -2.63. The average molecular weight is 497 g/mol. The molecule has 0 bridgehead atoms. The molecule has 0 fully saturated rings. The summed E-state index contributed by atoms with van der Waals surface area (Å²) in [6.45, 7) is 1.56. The van der Waals surface area contributed by atoms with E-state index in [0.29, 0.717) is 16.8 Å². The van der Waals surface area contributed by atoms with Crippen LogP contribution in [0.25, 0.3) is 0 Å². The second kappa shape index (κ2) is 10.9. The van der Waals surface area contributed by atoms with Gasteiger partial charge >= 0.3 is 5.97 Å². The zero-order valence-electron chi connectivity index (χ0n) is 19.0. The van der Waals surface area contributed by atoms with Gasteiger partial charge in [-0.3, -0.25) is 20.1 Å². The first-order chi connectivity index (χ1) is 16.6. The van der Waals surface area contributed by atoms with Crippen molar-refractivity contribution in [1.82, 2.24) is 10.3 Å². The fourth-order valence-corrected chi connectivity index (χ4v) is 4.14. The molecular weight excluding hydrogens is 472 g/mol. The van der Waals surface area contributed by atoms with Crippen molar-refractivity contribution in [2.24, 2.45) is 5.73 Å². The summed E-state index contributed by atoms with van der Waals surface area (Å²) in [5.74, 6) is -2.55. The van der Waals surface area contributed by atoms with Gasteiger partial charge in [0.05, 0.1) is 25.6 Å². The van der Waals surface area contributed by atoms with Crippen LogP contribution in [0.1, 0.15) is 37.7 Å². The number of hydrogen-bond donors (Lipinski definition) is 4. The Balaban J connectivity index is 1.72. The zero-order chi connectivity index (χ0) is 25.6. The van der Waals surface area contributed by atoms with Crippen molar-refractivity contribution < 1.29 is 29.0 Å². The molecule has 0 saturated heterocycles. The molecule has 0 saturated carbocycles. The highest BCUT2D eigenvalue weighted by Gasteiger charge is 2.40. The number of carbonyl (C=O) groups excluding carboxylic acids is 4. The summed E-state index contributed by atoms with van der Waals surface area (Å²) in [4.78, 5) is 54.7. The number of nitrogens with zero attached hydrogens (tertiary/aromatic N) is 1. The molecule has 0 spiro atoms. The fraction of sp³-hybridized carbons (Fsp3) is 0.208. The summed E-state index contributed by atoms with van der Waals surface area (Å²) in [6.07, 6.45) is -0.537. The standard InChI is InChI=1S/C24H24N4O6S/c1-14-20(35-23(26-14)27-19(31)12-15-7-6-10-17(29)11-15)21(32)28-24(25,22(33)34-2)13-18(30)16-8-4-3-5-9-16/h3-11,29H,12-13,25H2,1-2H3,(H,28,32)(H,26,27,31)/t24-/m0/s1. The molecule has 0 radical (unpaired) electrons. The molecule has 0 aliphatic carbocycles. The molecule has 1 heterocycles. The number of nitrogens with one attached hydrogen (secondary N) is 2. The SMILES string of the molecule is COC(=O)[C@](N)(CC(=O)c1ccccc1)NC(=O)c1sc(NC(=O)Cc2cccc(O)c2)nc1C. The van der Waals surface area contributed by atoms with Crippen molar-refractivity contribution in [1.29, 1.82) is 0 Å². The maximum absolute atomic E-state index is 13.0. The number of phenols is 1. The number of thiazole rings is 1. The van der Waals surface area contributed by atoms with E-state index < -0.39 is 35.7 Å². The van der Waals surface area contributed by atoms with Crippen LogP contribution in [0.3, 0.4) is 0 Å². The first-order valence-corrected chi connectivity index (χ1v) is 11.3. The number of carbonyl (C=O) groups is 4. The van der Waals surface area contributed by atoms with Gasteiger partial charge < -0.3 is 20.5 Å². The number of methoxy groups -OCH3 is 1. The van der Waals surface area contributed by atoms with E-state index in [1.165, 1.54) is 12.1 Å². The Morgan fingerprint density at radius 1 is 1.11 bits per heavy atom. The normalized spacial score (nSPS) is 12.3. The minimum absolute atomic E-state index is 0.00952. The molecule has 3 rings (SSSR count). The number of rotatable bonds is 9. The Bertz CT molecular complexity index is 1260. The van der Waals surface area contributed by atoms with Crippen LogP contribution in [0, 0.1) is 6.92 Å². The molecule has 1 atom stereocenters. The van der Waals surface area contributed by atoms with E-state index in [1.807, 2.05) is 0 Å². The summed E-state index contributed by atoms with van der Waals surface area (Å²) in [5, 5.41) is 14.7. The van der Waals surface area contributed by atoms with Gasteiger partial charge in [0.2, 0.25) is 5.91 Å². The molecular formula is C24H24N4O6S. The topological polar surface area (TPSA) is 161 Å². The number of ether oxygens (including phenoxy) is 1. The van der Waals surface area contributed by atoms with Gasteiger partial charge in [0.1, 0.15) is 10.6 Å². The van der Waals surface area contributed by atoms with E-state index in [9.17, 15) is 24.3 Å². The highest BCUT2D eigenvalue weighted by Crippen LogP contribution is 2.24. The second-order valence-electron chi connectivity index (χ2n) is 7.71. The Kier molecular flexibility index (Phi) is 7.94. The maximum atomic E-state index is 13.0. The number of anilines is 1. The monoisotopic (exact) mass is 496 g/mol. The summed E-state index contributed by atoms with van der Waals surface area (Å²) in [6, 6.07) is 14.5. The van der Waals surface area contributed by atoms with E-state index in [2.05, 4.69) is 15.6 Å². The number of aromatic hydroxyl groups is 1. The van der Waals surface area contributed by atoms with E-state index in [1.54, 1.807) is 49.4 Å². The van der Waals surface area contributed by atoms with E-state index in [4.69, 9.17) is 10.5 Å². The van der Waals surface area contributed by atoms with Gasteiger partial charge in [-0.05, 0) is 24.6 Å². The molecule has 0 aliphatic heterocycles. The second-order valence-corrected chi connectivity index (χ2v) is 8.71. The number of hydrogen-bond acceptors (Lipinski definition) is 9. The van der Waals surface area contributed by atoms with Crippen LogP contribution in [-0.4, -0.2) is 46.4 Å². The van der Waals surface area contributed by atoms with Gasteiger partial charge in [-0.1, -0.05) is 53.8 Å². The number of amides is 2. The van der Waals surface area contributed by atoms with Crippen LogP contribution in [0.15, 0.2) is 54.6 Å². The van der Waals surface area contributed by atoms with Gasteiger partial charge in [0, 0.05) is 5.56 Å². The van der Waals surface area contributed by atoms with Gasteiger partial charge in [0.15, 0.2) is 16.6 Å². The van der Waals surface area contributed by atoms with Crippen molar-refractivity contribution >= 4 is 40.0 Å². The number of aryl methyl sites for hydroxylation is 1. The van der Waals surface area contributed by atoms with Crippen LogP contribution in [0.2, 0.25) is 0 Å². The molecule has 2 amide bonds. The average Bonchev–Trinajstić information content (AvgIpc) is 3.18. The quantitative estimate of drug-likeness (QED) is 0.199. The minimum Gasteiger partial charge on any atom is -0.508 e. The highest BCUT2D eigenvalue weighted by atomic mass is 32.1. The van der Waals surface area contributed by atoms with Gasteiger partial charge in [-0.15, -0.1) is 0 Å². The number of phenolic OH excluding ortho intramolecular Hbond substituents is 1. The number of Topliss-reactive ketones (excluding diaryl/α,β-unsaturated/α-hetero) is 1. The van der Waals surface area contributed by atoms with Crippen molar-refractivity contribution in [2.45, 2.75) is 25.4 Å². The molecule has 35 heavy (non-hydrogen) atoms. The van der Waals surface area contributed by atoms with Crippen LogP contribution in [-0.2, 0) is 20.7 Å². The summed E-state index contributed by atoms with van der Waals surface area (Å²) in [5.41, 5.74) is 5.23. The van der Waals surface area contributed by atoms with Crippen molar-refractivity contribution in [3.8, 4) is 5.75 Å². The van der Waals surface area contributed by atoms with Crippen molar-refractivity contribution in [3.05, 3.63) is 76.3 Å². The molecule has 10 nitrogen and oxygen atoms in total. The third kappa shape index (κ3) is 6.49. The third-order valence-electron chi connectivity index (χ3n) is 4.95. The molecule has 2 aromatic carbocycles. The molecule has 3 aromatic rings. The van der Waals surface area contributed by atoms with Crippen molar-refractivity contribution in [2.75, 3.05) is 12.4 Å². The van der Waals surface area contributed by atoms with Crippen LogP contribution < -0.4 is 16.4 Å². The molecule has 1 aromatic heterocycles. The number of benzene rings is 2. The predicted octanol–water partition coefficient (Wildman–Crippen LogP) is 2.17. The van der Waals surface area contributed by atoms with Crippen molar-refractivity contribution in [3.63, 3.8) is 0 Å². The Morgan fingerprint density at radius 3 is 2.49 bits per heavy atom. The number of nitrogens with two attached hydrogens (primary N) is 1. The third-order valence-corrected chi connectivity index (χ3v) is 6.02. The molecule has 11 heteroatoms. The Labute approximate surface area is 205 Å². The first kappa shape index (κ1) is 25.5. The van der Waals surface area contributed by atoms with Crippen LogP contribution in [0.4, 0.5) is 5.13 Å². The summed E-state index contributed by atoms with van der Waals surface area (Å²) >= 11 is 0.888. The van der Waals surface area contributed by atoms with E-state index in [-0.39, 0.29) is 22.2 Å². The predicted molar refractivity (Wildman–Crippen MR) is 129 cm³/mol. The highest BCUT2D eigenvalue weighted by molar-refractivity contribution is 7.17. The largest absolute Gasteiger partial charge is 0.508 e. The number of esters is 1. The molecule has 182 valence electrons. The Hall–Kier alpha value is -4.09. The van der Waals surface area contributed by atoms with Crippen LogP contribution in [0.5, 0.6) is 5.75 Å². The van der Waals surface area contributed by atoms with Gasteiger partial charge in [-0.25, -0.2) is 9.78 Å². The lowest BCUT2D eigenvalue weighted by molar-refractivity contribution is -0.148. The molecule has 0 aliphatic rings. The molecule has 0 unspecified atom stereocenters. The summed E-state index contributed by atoms with van der Waals surface area (Å²) in [7, 11) is 1.10. The maximum Gasteiger partial charge on any atom is 0.347 e. The van der Waals surface area contributed by atoms with E-state index >= 15 is 0 Å². The fourth-order valence-electron chi connectivity index (χ4n) is 3.26. The first-order valence-electron chi connectivity index (χ1n) is 10.4. The minimum atomic E-state index is -2.12.